The Labute approximate surface area is 112 Å². The molecular formula is C12H18ClN3S. The molecule has 1 unspecified atom stereocenters. The van der Waals surface area contributed by atoms with Crippen molar-refractivity contribution < 1.29 is 0 Å². The van der Waals surface area contributed by atoms with Crippen LogP contribution >= 0.6 is 23.4 Å². The smallest absolute Gasteiger partial charge is 0.135 e. The first kappa shape index (κ1) is 13.0. The summed E-state index contributed by atoms with van der Waals surface area (Å²) < 4.78 is 0. The highest BCUT2D eigenvalue weighted by molar-refractivity contribution is 8.00. The van der Waals surface area contributed by atoms with E-state index in [1.54, 1.807) is 6.07 Å². The van der Waals surface area contributed by atoms with E-state index in [-0.39, 0.29) is 0 Å². The van der Waals surface area contributed by atoms with Crippen molar-refractivity contribution in [1.82, 2.24) is 9.97 Å². The van der Waals surface area contributed by atoms with Crippen LogP contribution in [0.3, 0.4) is 0 Å². The van der Waals surface area contributed by atoms with E-state index in [0.717, 1.165) is 18.2 Å². The molecule has 0 amide bonds. The molecule has 1 atom stereocenters. The highest BCUT2D eigenvalue weighted by Gasteiger charge is 2.15. The molecule has 5 heteroatoms. The molecule has 0 aliphatic carbocycles. The number of halogens is 1. The van der Waals surface area contributed by atoms with Gasteiger partial charge in [0.05, 0.1) is 0 Å². The van der Waals surface area contributed by atoms with E-state index >= 15 is 0 Å². The molecule has 2 heterocycles. The predicted octanol–water partition coefficient (Wildman–Crippen LogP) is 3.56. The Balaban J connectivity index is 1.99. The summed E-state index contributed by atoms with van der Waals surface area (Å²) in [7, 11) is 0. The summed E-state index contributed by atoms with van der Waals surface area (Å²) >= 11 is 8.03. The summed E-state index contributed by atoms with van der Waals surface area (Å²) in [5.74, 6) is 3.24. The Kier molecular flexibility index (Phi) is 4.51. The molecular weight excluding hydrogens is 254 g/mol. The first-order chi connectivity index (χ1) is 8.15. The molecule has 17 heavy (non-hydrogen) atoms. The van der Waals surface area contributed by atoms with Gasteiger partial charge >= 0.3 is 0 Å². The Morgan fingerprint density at radius 3 is 3.00 bits per heavy atom. The Hall–Kier alpha value is -0.480. The van der Waals surface area contributed by atoms with Crippen molar-refractivity contribution in [2.24, 2.45) is 0 Å². The van der Waals surface area contributed by atoms with Crippen molar-refractivity contribution in [3.05, 3.63) is 17.0 Å². The third-order valence-corrected chi connectivity index (χ3v) is 4.36. The van der Waals surface area contributed by atoms with Crippen LogP contribution in [0.15, 0.2) is 6.07 Å². The minimum atomic E-state index is 0.301. The zero-order chi connectivity index (χ0) is 12.3. The zero-order valence-corrected chi connectivity index (χ0v) is 11.8. The minimum Gasteiger partial charge on any atom is -0.369 e. The van der Waals surface area contributed by atoms with Crippen molar-refractivity contribution in [1.29, 1.82) is 0 Å². The van der Waals surface area contributed by atoms with Crippen LogP contribution in [0.4, 0.5) is 5.82 Å². The lowest BCUT2D eigenvalue weighted by atomic mass is 10.2. The minimum absolute atomic E-state index is 0.301. The van der Waals surface area contributed by atoms with Crippen molar-refractivity contribution in [2.75, 3.05) is 17.6 Å². The molecule has 1 aliphatic heterocycles. The highest BCUT2D eigenvalue weighted by Crippen LogP contribution is 2.26. The fraction of sp³-hybridized carbons (Fsp3) is 0.667. The Bertz CT molecular complexity index is 378. The van der Waals surface area contributed by atoms with Crippen LogP contribution in [-0.2, 0) is 0 Å². The third-order valence-electron chi connectivity index (χ3n) is 2.76. The van der Waals surface area contributed by atoms with Gasteiger partial charge in [-0.1, -0.05) is 25.4 Å². The van der Waals surface area contributed by atoms with Crippen LogP contribution in [0.5, 0.6) is 0 Å². The second-order valence-electron chi connectivity index (χ2n) is 4.60. The fourth-order valence-electron chi connectivity index (χ4n) is 1.81. The molecule has 1 aromatic heterocycles. The number of thioether (sulfide) groups is 1. The zero-order valence-electron chi connectivity index (χ0n) is 10.2. The molecule has 1 fully saturated rings. The van der Waals surface area contributed by atoms with Gasteiger partial charge in [0.1, 0.15) is 16.8 Å². The largest absolute Gasteiger partial charge is 0.369 e. The van der Waals surface area contributed by atoms with Gasteiger partial charge in [0.2, 0.25) is 0 Å². The normalized spacial score (nSPS) is 19.9. The fourth-order valence-corrected chi connectivity index (χ4v) is 3.20. The molecule has 0 spiro atoms. The summed E-state index contributed by atoms with van der Waals surface area (Å²) in [5, 5.41) is 4.60. The number of nitrogens with zero attached hydrogens (tertiary/aromatic N) is 2. The average molecular weight is 272 g/mol. The maximum Gasteiger partial charge on any atom is 0.135 e. The van der Waals surface area contributed by atoms with Gasteiger partial charge in [0.15, 0.2) is 0 Å². The second-order valence-corrected chi connectivity index (χ2v) is 6.40. The molecule has 1 N–H and O–H groups in total. The van der Waals surface area contributed by atoms with Gasteiger partial charge in [-0.3, -0.25) is 0 Å². The molecule has 1 aromatic rings. The number of hydrogen-bond acceptors (Lipinski definition) is 4. The Morgan fingerprint density at radius 1 is 1.53 bits per heavy atom. The van der Waals surface area contributed by atoms with E-state index in [2.05, 4.69) is 29.1 Å². The maximum absolute atomic E-state index is 5.99. The topological polar surface area (TPSA) is 37.8 Å². The van der Waals surface area contributed by atoms with Crippen molar-refractivity contribution in [3.63, 3.8) is 0 Å². The van der Waals surface area contributed by atoms with Crippen molar-refractivity contribution in [3.8, 4) is 0 Å². The monoisotopic (exact) mass is 271 g/mol. The standard InChI is InChI=1S/C12H18ClN3S/c1-8(2)12-15-10(13)6-11(16-12)14-7-9-4-3-5-17-9/h6,8-9H,3-5,7H2,1-2H3,(H,14,15,16). The van der Waals surface area contributed by atoms with Gasteiger partial charge in [0, 0.05) is 23.8 Å². The van der Waals surface area contributed by atoms with Gasteiger partial charge in [-0.2, -0.15) is 11.8 Å². The van der Waals surface area contributed by atoms with Crippen molar-refractivity contribution in [2.45, 2.75) is 37.9 Å². The van der Waals surface area contributed by atoms with Crippen LogP contribution < -0.4 is 5.32 Å². The summed E-state index contributed by atoms with van der Waals surface area (Å²) in [4.78, 5) is 8.70. The number of rotatable bonds is 4. The van der Waals surface area contributed by atoms with Gasteiger partial charge in [-0.25, -0.2) is 9.97 Å². The second kappa shape index (κ2) is 5.91. The lowest BCUT2D eigenvalue weighted by molar-refractivity contribution is 0.768. The predicted molar refractivity (Wildman–Crippen MR) is 75.1 cm³/mol. The van der Waals surface area contributed by atoms with E-state index in [9.17, 15) is 0 Å². The molecule has 1 saturated heterocycles. The lowest BCUT2D eigenvalue weighted by Crippen LogP contribution is -2.15. The first-order valence-corrected chi connectivity index (χ1v) is 7.48. The molecule has 2 rings (SSSR count). The quantitative estimate of drug-likeness (QED) is 0.850. The highest BCUT2D eigenvalue weighted by atomic mass is 35.5. The summed E-state index contributed by atoms with van der Waals surface area (Å²) in [6, 6.07) is 1.80. The van der Waals surface area contributed by atoms with Gasteiger partial charge < -0.3 is 5.32 Å². The summed E-state index contributed by atoms with van der Waals surface area (Å²) in [6.07, 6.45) is 2.63. The number of aromatic nitrogens is 2. The number of hydrogen-bond donors (Lipinski definition) is 1. The molecule has 94 valence electrons. The average Bonchev–Trinajstić information content (AvgIpc) is 2.78. The van der Waals surface area contributed by atoms with Crippen LogP contribution in [0.25, 0.3) is 0 Å². The van der Waals surface area contributed by atoms with Gasteiger partial charge in [0.25, 0.3) is 0 Å². The van der Waals surface area contributed by atoms with E-state index in [0.29, 0.717) is 16.3 Å². The molecule has 0 saturated carbocycles. The number of anilines is 1. The maximum atomic E-state index is 5.99. The first-order valence-electron chi connectivity index (χ1n) is 6.05. The summed E-state index contributed by atoms with van der Waals surface area (Å²) in [6.45, 7) is 5.11. The molecule has 3 nitrogen and oxygen atoms in total. The van der Waals surface area contributed by atoms with Gasteiger partial charge in [-0.15, -0.1) is 0 Å². The van der Waals surface area contributed by atoms with E-state index in [4.69, 9.17) is 11.6 Å². The van der Waals surface area contributed by atoms with E-state index in [1.165, 1.54) is 18.6 Å². The SMILES string of the molecule is CC(C)c1nc(Cl)cc(NCC2CCCS2)n1. The molecule has 0 radical (unpaired) electrons. The van der Waals surface area contributed by atoms with Crippen LogP contribution in [0, 0.1) is 0 Å². The van der Waals surface area contributed by atoms with Crippen LogP contribution in [0.1, 0.15) is 38.4 Å². The van der Waals surface area contributed by atoms with E-state index < -0.39 is 0 Å². The van der Waals surface area contributed by atoms with Gasteiger partial charge in [-0.05, 0) is 18.6 Å². The van der Waals surface area contributed by atoms with E-state index in [1.807, 2.05) is 11.8 Å². The number of nitrogens with one attached hydrogen (secondary N) is 1. The molecule has 0 aromatic carbocycles. The van der Waals surface area contributed by atoms with Crippen molar-refractivity contribution >= 4 is 29.2 Å². The molecule has 1 aliphatic rings. The van der Waals surface area contributed by atoms with Crippen LogP contribution in [-0.4, -0.2) is 27.5 Å². The lowest BCUT2D eigenvalue weighted by Gasteiger charge is -2.12. The third kappa shape index (κ3) is 3.75. The molecule has 0 bridgehead atoms. The van der Waals surface area contributed by atoms with Crippen LogP contribution in [0.2, 0.25) is 5.15 Å². The summed E-state index contributed by atoms with van der Waals surface area (Å²) in [5.41, 5.74) is 0. The Morgan fingerprint density at radius 2 is 2.35 bits per heavy atom.